The van der Waals surface area contributed by atoms with Gasteiger partial charge in [0.2, 0.25) is 0 Å². The van der Waals surface area contributed by atoms with Gasteiger partial charge in [0, 0.05) is 23.7 Å². The normalized spacial score (nSPS) is 25.8. The average Bonchev–Trinajstić information content (AvgIpc) is 2.83. The number of pyridine rings is 1. The van der Waals surface area contributed by atoms with Crippen LogP contribution in [-0.2, 0) is 16.0 Å². The third-order valence-electron chi connectivity index (χ3n) is 6.94. The molecule has 3 fully saturated rings. The Bertz CT molecular complexity index is 1080. The number of esters is 1. The van der Waals surface area contributed by atoms with E-state index in [0.29, 0.717) is 11.8 Å². The quantitative estimate of drug-likeness (QED) is 0.424. The summed E-state index contributed by atoms with van der Waals surface area (Å²) in [5.74, 6) is 0.954. The first kappa shape index (κ1) is 20.0. The van der Waals surface area contributed by atoms with E-state index in [2.05, 4.69) is 28.6 Å². The molecule has 5 atom stereocenters. The smallest absolute Gasteiger partial charge is 0.310 e. The van der Waals surface area contributed by atoms with Gasteiger partial charge in [0.05, 0.1) is 18.0 Å². The number of fused-ring (bicyclic) bond motifs is 4. The summed E-state index contributed by atoms with van der Waals surface area (Å²) in [6, 6.07) is 20.1. The van der Waals surface area contributed by atoms with E-state index in [4.69, 9.17) is 4.74 Å². The molecule has 0 amide bonds. The molecule has 1 aromatic heterocycles. The summed E-state index contributed by atoms with van der Waals surface area (Å²) >= 11 is 0. The van der Waals surface area contributed by atoms with E-state index in [0.717, 1.165) is 41.5 Å². The number of ether oxygens (including phenoxy) is 1. The van der Waals surface area contributed by atoms with Gasteiger partial charge in [-0.1, -0.05) is 54.6 Å². The zero-order chi connectivity index (χ0) is 21.2. The minimum absolute atomic E-state index is 0.181. The van der Waals surface area contributed by atoms with Gasteiger partial charge in [0.1, 0.15) is 6.10 Å². The van der Waals surface area contributed by atoms with Crippen molar-refractivity contribution in [3.63, 3.8) is 0 Å². The standard InChI is InChI=1S/C27H28N2O2/c1-2-20-18-29-15-13-21(20)17-25(29)27(31-26(30)16-19-8-4-3-5-9-19)23-12-14-28-24-11-7-6-10-22(23)24/h2-12,14,20-21,25,27H,1,13,15-18H2/t20-,21-,25+,27-/m0/s1. The van der Waals surface area contributed by atoms with Crippen LogP contribution < -0.4 is 0 Å². The van der Waals surface area contributed by atoms with Gasteiger partial charge in [-0.25, -0.2) is 0 Å². The zero-order valence-electron chi connectivity index (χ0n) is 17.7. The van der Waals surface area contributed by atoms with Crippen LogP contribution in [0.25, 0.3) is 10.9 Å². The molecule has 158 valence electrons. The van der Waals surface area contributed by atoms with Gasteiger partial charge >= 0.3 is 5.97 Å². The molecule has 0 saturated carbocycles. The number of para-hydroxylation sites is 1. The van der Waals surface area contributed by atoms with Crippen LogP contribution >= 0.6 is 0 Å². The molecule has 1 unspecified atom stereocenters. The number of piperidine rings is 3. The first-order valence-corrected chi connectivity index (χ1v) is 11.2. The second-order valence-corrected chi connectivity index (χ2v) is 8.74. The number of nitrogens with zero attached hydrogens (tertiary/aromatic N) is 2. The van der Waals surface area contributed by atoms with Crippen molar-refractivity contribution in [3.05, 3.63) is 90.6 Å². The molecule has 0 N–H and O–H groups in total. The second-order valence-electron chi connectivity index (χ2n) is 8.74. The second kappa shape index (κ2) is 8.64. The molecule has 2 bridgehead atoms. The number of aromatic nitrogens is 1. The molecule has 3 aliphatic heterocycles. The third-order valence-corrected chi connectivity index (χ3v) is 6.94. The van der Waals surface area contributed by atoms with Gasteiger partial charge in [-0.3, -0.25) is 14.7 Å². The van der Waals surface area contributed by atoms with Gasteiger partial charge in [0.25, 0.3) is 0 Å². The molecule has 4 heteroatoms. The van der Waals surface area contributed by atoms with E-state index in [-0.39, 0.29) is 24.5 Å². The largest absolute Gasteiger partial charge is 0.456 e. The summed E-state index contributed by atoms with van der Waals surface area (Å²) in [7, 11) is 0. The minimum atomic E-state index is -0.308. The van der Waals surface area contributed by atoms with Crippen molar-refractivity contribution in [3.8, 4) is 0 Å². The number of hydrogen-bond acceptors (Lipinski definition) is 4. The molecule has 3 aromatic rings. The number of carbonyl (C=O) groups excluding carboxylic acids is 1. The topological polar surface area (TPSA) is 42.4 Å². The van der Waals surface area contributed by atoms with Crippen molar-refractivity contribution in [1.82, 2.24) is 9.88 Å². The molecule has 4 nitrogen and oxygen atoms in total. The van der Waals surface area contributed by atoms with Gasteiger partial charge in [-0.2, -0.15) is 0 Å². The first-order chi connectivity index (χ1) is 15.2. The Labute approximate surface area is 183 Å². The average molecular weight is 413 g/mol. The molecule has 0 spiro atoms. The Morgan fingerprint density at radius 3 is 2.74 bits per heavy atom. The van der Waals surface area contributed by atoms with E-state index in [1.54, 1.807) is 0 Å². The predicted octanol–water partition coefficient (Wildman–Crippen LogP) is 4.96. The number of hydrogen-bond donors (Lipinski definition) is 0. The van der Waals surface area contributed by atoms with Crippen LogP contribution in [0.4, 0.5) is 0 Å². The highest BCUT2D eigenvalue weighted by atomic mass is 16.5. The van der Waals surface area contributed by atoms with Crippen LogP contribution in [0, 0.1) is 11.8 Å². The van der Waals surface area contributed by atoms with Crippen molar-refractivity contribution >= 4 is 16.9 Å². The Balaban J connectivity index is 1.48. The molecular formula is C27H28N2O2. The van der Waals surface area contributed by atoms with E-state index >= 15 is 0 Å². The summed E-state index contributed by atoms with van der Waals surface area (Å²) in [5, 5.41) is 1.06. The molecule has 3 aliphatic rings. The highest BCUT2D eigenvalue weighted by Gasteiger charge is 2.44. The summed E-state index contributed by atoms with van der Waals surface area (Å²) < 4.78 is 6.28. The van der Waals surface area contributed by atoms with E-state index in [1.807, 2.05) is 60.8 Å². The van der Waals surface area contributed by atoms with E-state index in [1.165, 1.54) is 6.42 Å². The van der Waals surface area contributed by atoms with Crippen molar-refractivity contribution in [2.45, 2.75) is 31.4 Å². The van der Waals surface area contributed by atoms with Crippen molar-refractivity contribution < 1.29 is 9.53 Å². The maximum absolute atomic E-state index is 13.0. The van der Waals surface area contributed by atoms with Crippen LogP contribution in [-0.4, -0.2) is 35.0 Å². The molecule has 31 heavy (non-hydrogen) atoms. The highest BCUT2D eigenvalue weighted by Crippen LogP contribution is 2.43. The van der Waals surface area contributed by atoms with Gasteiger partial charge in [-0.15, -0.1) is 6.58 Å². The van der Waals surface area contributed by atoms with Crippen LogP contribution in [0.3, 0.4) is 0 Å². The Kier molecular flexibility index (Phi) is 5.56. The highest BCUT2D eigenvalue weighted by molar-refractivity contribution is 5.83. The maximum Gasteiger partial charge on any atom is 0.310 e. The lowest BCUT2D eigenvalue weighted by atomic mass is 9.73. The van der Waals surface area contributed by atoms with Crippen LogP contribution in [0.5, 0.6) is 0 Å². The molecule has 3 saturated heterocycles. The molecule has 2 aromatic carbocycles. The van der Waals surface area contributed by atoms with E-state index in [9.17, 15) is 4.79 Å². The molecule has 0 radical (unpaired) electrons. The SMILES string of the molecule is C=C[C@H]1CN2CC[C@H]1C[C@@H]2[C@@H](OC(=O)Cc1ccccc1)c1ccnc2ccccc12. The van der Waals surface area contributed by atoms with Crippen molar-refractivity contribution in [1.29, 1.82) is 0 Å². The number of rotatable bonds is 6. The Morgan fingerprint density at radius 2 is 1.97 bits per heavy atom. The van der Waals surface area contributed by atoms with Gasteiger partial charge < -0.3 is 4.74 Å². The fourth-order valence-corrected chi connectivity index (χ4v) is 5.35. The van der Waals surface area contributed by atoms with Crippen molar-refractivity contribution in [2.24, 2.45) is 11.8 Å². The molecular weight excluding hydrogens is 384 g/mol. The lowest BCUT2D eigenvalue weighted by Gasteiger charge is -2.51. The van der Waals surface area contributed by atoms with Crippen LogP contribution in [0.2, 0.25) is 0 Å². The first-order valence-electron chi connectivity index (χ1n) is 11.2. The molecule has 0 aliphatic carbocycles. The fraction of sp³-hybridized carbons (Fsp3) is 0.333. The molecule has 4 heterocycles. The molecule has 6 rings (SSSR count). The lowest BCUT2D eigenvalue weighted by Crippen LogP contribution is -2.55. The van der Waals surface area contributed by atoms with Crippen molar-refractivity contribution in [2.75, 3.05) is 13.1 Å². The predicted molar refractivity (Wildman–Crippen MR) is 122 cm³/mol. The monoisotopic (exact) mass is 412 g/mol. The minimum Gasteiger partial charge on any atom is -0.456 e. The summed E-state index contributed by atoms with van der Waals surface area (Å²) in [4.78, 5) is 20.1. The fourth-order valence-electron chi connectivity index (χ4n) is 5.35. The summed E-state index contributed by atoms with van der Waals surface area (Å²) in [5.41, 5.74) is 2.96. The number of carbonyl (C=O) groups is 1. The Hall–Kier alpha value is -2.98. The number of benzene rings is 2. The lowest BCUT2D eigenvalue weighted by molar-refractivity contribution is -0.156. The van der Waals surface area contributed by atoms with Gasteiger partial charge in [0.15, 0.2) is 0 Å². The Morgan fingerprint density at radius 1 is 1.16 bits per heavy atom. The summed E-state index contributed by atoms with van der Waals surface area (Å²) in [6.07, 6.45) is 6.12. The van der Waals surface area contributed by atoms with Crippen LogP contribution in [0.15, 0.2) is 79.5 Å². The van der Waals surface area contributed by atoms with Crippen LogP contribution in [0.1, 0.15) is 30.1 Å². The third kappa shape index (κ3) is 4.00. The summed E-state index contributed by atoms with van der Waals surface area (Å²) in [6.45, 7) is 6.09. The van der Waals surface area contributed by atoms with E-state index < -0.39 is 0 Å². The maximum atomic E-state index is 13.0. The zero-order valence-corrected chi connectivity index (χ0v) is 17.7. The van der Waals surface area contributed by atoms with Gasteiger partial charge in [-0.05, 0) is 48.9 Å².